The van der Waals surface area contributed by atoms with Crippen LogP contribution in [0.1, 0.15) is 30.0 Å². The van der Waals surface area contributed by atoms with Gasteiger partial charge in [-0.15, -0.1) is 0 Å². The van der Waals surface area contributed by atoms with Gasteiger partial charge < -0.3 is 0 Å². The summed E-state index contributed by atoms with van der Waals surface area (Å²) in [4.78, 5) is 11.5. The second kappa shape index (κ2) is 3.96. The van der Waals surface area contributed by atoms with Gasteiger partial charge >= 0.3 is 9.24 Å². The molecule has 0 aromatic heterocycles. The Morgan fingerprint density at radius 2 is 1.89 bits per heavy atom. The molecule has 0 saturated carbocycles. The van der Waals surface area contributed by atoms with Gasteiger partial charge in [-0.1, -0.05) is 18.2 Å². The van der Waals surface area contributed by atoms with E-state index in [0.717, 1.165) is 21.0 Å². The molecule has 6 heteroatoms. The monoisotopic (exact) mass is 287 g/mol. The third-order valence-electron chi connectivity index (χ3n) is 3.52. The van der Waals surface area contributed by atoms with E-state index in [1.165, 1.54) is 0 Å². The maximum absolute atomic E-state index is 11.5. The Labute approximate surface area is 111 Å². The highest BCUT2D eigenvalue weighted by Crippen LogP contribution is 2.44. The molecule has 1 amide bonds. The Balaban J connectivity index is 2.50. The van der Waals surface area contributed by atoms with Crippen molar-refractivity contribution in [3.63, 3.8) is 0 Å². The van der Waals surface area contributed by atoms with Crippen LogP contribution >= 0.6 is 10.7 Å². The summed E-state index contributed by atoms with van der Waals surface area (Å²) in [6.07, 6.45) is 0.154. The van der Waals surface area contributed by atoms with Crippen LogP contribution in [0.3, 0.4) is 0 Å². The first-order chi connectivity index (χ1) is 8.16. The molecule has 1 unspecified atom stereocenters. The van der Waals surface area contributed by atoms with Crippen molar-refractivity contribution in [2.45, 2.75) is 32.7 Å². The molecule has 1 fully saturated rings. The van der Waals surface area contributed by atoms with Gasteiger partial charge in [0, 0.05) is 10.7 Å². The Morgan fingerprint density at radius 3 is 2.33 bits per heavy atom. The lowest BCUT2D eigenvalue weighted by molar-refractivity contribution is -0.144. The summed E-state index contributed by atoms with van der Waals surface area (Å²) >= 11 is 0. The normalized spacial score (nSPS) is 24.0. The lowest BCUT2D eigenvalue weighted by Gasteiger charge is -2.47. The molecule has 0 bridgehead atoms. The van der Waals surface area contributed by atoms with E-state index in [0.29, 0.717) is 0 Å². The van der Waals surface area contributed by atoms with Gasteiger partial charge in [-0.2, -0.15) is 8.42 Å². The minimum Gasteiger partial charge on any atom is -0.274 e. The summed E-state index contributed by atoms with van der Waals surface area (Å²) in [6, 6.07) is 5.65. The van der Waals surface area contributed by atoms with Gasteiger partial charge in [0.2, 0.25) is 5.91 Å². The van der Waals surface area contributed by atoms with Crippen LogP contribution in [0.4, 0.5) is 0 Å². The minimum atomic E-state index is -4.04. The highest BCUT2D eigenvalue weighted by atomic mass is 35.7. The van der Waals surface area contributed by atoms with Crippen molar-refractivity contribution in [1.82, 2.24) is 4.31 Å². The van der Waals surface area contributed by atoms with Gasteiger partial charge in [-0.05, 0) is 37.5 Å². The van der Waals surface area contributed by atoms with Crippen molar-refractivity contribution >= 4 is 25.8 Å². The van der Waals surface area contributed by atoms with Crippen LogP contribution in [0, 0.1) is 13.8 Å². The summed E-state index contributed by atoms with van der Waals surface area (Å²) < 4.78 is 23.6. The third kappa shape index (κ3) is 1.91. The molecule has 1 atom stereocenters. The fourth-order valence-corrected chi connectivity index (χ4v) is 3.93. The largest absolute Gasteiger partial charge is 0.324 e. The maximum Gasteiger partial charge on any atom is 0.324 e. The average molecular weight is 288 g/mol. The first-order valence-electron chi connectivity index (χ1n) is 5.52. The molecule has 0 spiro atoms. The summed E-state index contributed by atoms with van der Waals surface area (Å²) in [7, 11) is 1.27. The highest BCUT2D eigenvalue weighted by molar-refractivity contribution is 8.12. The van der Waals surface area contributed by atoms with Gasteiger partial charge in [-0.25, -0.2) is 4.31 Å². The van der Waals surface area contributed by atoms with Gasteiger partial charge in [0.15, 0.2) is 0 Å². The zero-order chi connectivity index (χ0) is 13.7. The number of hydrogen-bond donors (Lipinski definition) is 0. The maximum atomic E-state index is 11.5. The van der Waals surface area contributed by atoms with E-state index in [4.69, 9.17) is 10.7 Å². The second-order valence-corrected chi connectivity index (χ2v) is 7.21. The number of nitrogens with zero attached hydrogens (tertiary/aromatic N) is 1. The molecule has 18 heavy (non-hydrogen) atoms. The van der Waals surface area contributed by atoms with Crippen LogP contribution in [-0.4, -0.2) is 18.6 Å². The van der Waals surface area contributed by atoms with Crippen LogP contribution in [-0.2, 0) is 19.6 Å². The first kappa shape index (κ1) is 13.4. The van der Waals surface area contributed by atoms with Crippen molar-refractivity contribution in [2.24, 2.45) is 0 Å². The molecule has 2 rings (SSSR count). The predicted molar refractivity (Wildman–Crippen MR) is 69.5 cm³/mol. The molecule has 0 radical (unpaired) electrons. The van der Waals surface area contributed by atoms with E-state index < -0.39 is 20.7 Å². The van der Waals surface area contributed by atoms with Crippen LogP contribution in [0.5, 0.6) is 0 Å². The molecule has 1 saturated heterocycles. The molecule has 1 aromatic rings. The predicted octanol–water partition coefficient (Wildman–Crippen LogP) is 2.23. The number of benzene rings is 1. The number of halogens is 1. The number of rotatable bonds is 2. The van der Waals surface area contributed by atoms with Gasteiger partial charge in [-0.3, -0.25) is 4.79 Å². The lowest BCUT2D eigenvalue weighted by atomic mass is 9.81. The van der Waals surface area contributed by atoms with Crippen molar-refractivity contribution in [2.75, 3.05) is 0 Å². The second-order valence-electron chi connectivity index (χ2n) is 4.85. The van der Waals surface area contributed by atoms with Crippen molar-refractivity contribution < 1.29 is 13.2 Å². The molecular weight excluding hydrogens is 274 g/mol. The number of β-lactam (4-membered cyclic amide) rings is 1. The zero-order valence-corrected chi connectivity index (χ0v) is 12.0. The number of aryl methyl sites for hydroxylation is 2. The topological polar surface area (TPSA) is 54.5 Å². The third-order valence-corrected chi connectivity index (χ3v) is 4.97. The average Bonchev–Trinajstić information content (AvgIpc) is 2.18. The van der Waals surface area contributed by atoms with E-state index in [2.05, 4.69) is 0 Å². The molecule has 1 aliphatic rings. The van der Waals surface area contributed by atoms with Gasteiger partial charge in [0.25, 0.3) is 0 Å². The number of carbonyl (C=O) groups excluding carboxylic acids is 1. The van der Waals surface area contributed by atoms with Crippen LogP contribution in [0.2, 0.25) is 0 Å². The smallest absolute Gasteiger partial charge is 0.274 e. The Morgan fingerprint density at radius 1 is 1.28 bits per heavy atom. The molecule has 1 aromatic carbocycles. The number of carbonyl (C=O) groups is 1. The molecule has 4 nitrogen and oxygen atoms in total. The summed E-state index contributed by atoms with van der Waals surface area (Å²) in [5.74, 6) is -0.467. The van der Waals surface area contributed by atoms with E-state index in [9.17, 15) is 13.2 Å². The summed E-state index contributed by atoms with van der Waals surface area (Å²) in [5, 5.41) is 0. The summed E-state index contributed by atoms with van der Waals surface area (Å²) in [6.45, 7) is 5.63. The van der Waals surface area contributed by atoms with Gasteiger partial charge in [0.1, 0.15) is 0 Å². The molecular formula is C12H14ClNO3S. The quantitative estimate of drug-likeness (QED) is 0.619. The fraction of sp³-hybridized carbons (Fsp3) is 0.417. The molecule has 0 aliphatic carbocycles. The molecule has 1 aliphatic heterocycles. The van der Waals surface area contributed by atoms with E-state index in [1.54, 1.807) is 6.92 Å². The Bertz CT molecular complexity index is 626. The minimum absolute atomic E-state index is 0.154. The van der Waals surface area contributed by atoms with Crippen molar-refractivity contribution in [1.29, 1.82) is 0 Å². The first-order valence-corrected chi connectivity index (χ1v) is 7.78. The molecule has 0 N–H and O–H groups in total. The van der Waals surface area contributed by atoms with E-state index >= 15 is 0 Å². The van der Waals surface area contributed by atoms with Crippen LogP contribution in [0.15, 0.2) is 18.2 Å². The number of hydrogen-bond acceptors (Lipinski definition) is 3. The van der Waals surface area contributed by atoms with Crippen molar-refractivity contribution in [3.8, 4) is 0 Å². The van der Waals surface area contributed by atoms with Crippen molar-refractivity contribution in [3.05, 3.63) is 34.9 Å². The summed E-state index contributed by atoms with van der Waals surface area (Å²) in [5.41, 5.74) is 2.10. The van der Waals surface area contributed by atoms with E-state index in [1.807, 2.05) is 32.0 Å². The van der Waals surface area contributed by atoms with Crippen LogP contribution < -0.4 is 0 Å². The SMILES string of the molecule is Cc1ccc(C2(C)CC(=O)N2S(=O)(=O)Cl)cc1C. The Kier molecular flexibility index (Phi) is 2.94. The lowest BCUT2D eigenvalue weighted by Crippen LogP contribution is -2.60. The van der Waals surface area contributed by atoms with Crippen LogP contribution in [0.25, 0.3) is 0 Å². The zero-order valence-electron chi connectivity index (χ0n) is 10.4. The van der Waals surface area contributed by atoms with E-state index in [-0.39, 0.29) is 6.42 Å². The fourth-order valence-electron chi connectivity index (χ4n) is 2.28. The standard InChI is InChI=1S/C12H14ClNO3S/c1-8-4-5-10(6-9(8)2)12(3)7-11(15)14(12)18(13,16)17/h4-6H,7H2,1-3H3. The number of amides is 1. The molecule has 98 valence electrons. The van der Waals surface area contributed by atoms with Gasteiger partial charge in [0.05, 0.1) is 12.0 Å². The molecule has 1 heterocycles. The highest BCUT2D eigenvalue weighted by Gasteiger charge is 2.54. The Hall–Kier alpha value is -1.07.